The van der Waals surface area contributed by atoms with E-state index in [1.165, 1.54) is 22.3 Å². The van der Waals surface area contributed by atoms with Gasteiger partial charge >= 0.3 is 29.6 Å². The van der Waals surface area contributed by atoms with Gasteiger partial charge in [-0.1, -0.05) is 29.8 Å². The van der Waals surface area contributed by atoms with Crippen molar-refractivity contribution in [2.24, 2.45) is 5.16 Å². The molecule has 5 heteroatoms. The minimum atomic E-state index is -0.0524. The summed E-state index contributed by atoms with van der Waals surface area (Å²) in [5, 5.41) is 14.5. The molecule has 0 heterocycles. The Hall–Kier alpha value is -1.10. The molecule has 0 bridgehead atoms. The Kier molecular flexibility index (Phi) is 8.39. The van der Waals surface area contributed by atoms with Crippen LogP contribution in [0, 0.1) is 20.8 Å². The van der Waals surface area contributed by atoms with Gasteiger partial charge in [0.15, 0.2) is 5.78 Å². The van der Waals surface area contributed by atoms with E-state index in [0.29, 0.717) is 37.2 Å². The number of benzene rings is 1. The van der Waals surface area contributed by atoms with E-state index in [4.69, 9.17) is 4.84 Å². The summed E-state index contributed by atoms with van der Waals surface area (Å²) < 4.78 is 0. The summed E-state index contributed by atoms with van der Waals surface area (Å²) in [5.74, 6) is 0.103. The van der Waals surface area contributed by atoms with E-state index >= 15 is 0 Å². The first-order chi connectivity index (χ1) is 11.4. The summed E-state index contributed by atoms with van der Waals surface area (Å²) in [6.45, 7) is 10.4. The fourth-order valence-corrected chi connectivity index (χ4v) is 3.69. The van der Waals surface area contributed by atoms with Crippen molar-refractivity contribution in [1.82, 2.24) is 0 Å². The van der Waals surface area contributed by atoms with E-state index in [9.17, 15) is 9.90 Å². The molecule has 0 spiro atoms. The van der Waals surface area contributed by atoms with Crippen LogP contribution < -0.4 is 0 Å². The van der Waals surface area contributed by atoms with E-state index in [2.05, 4.69) is 38.1 Å². The molecule has 0 amide bonds. The summed E-state index contributed by atoms with van der Waals surface area (Å²) in [6.07, 6.45) is 1.42. The number of carbonyl (C=O) groups is 1. The molecule has 1 N–H and O–H groups in total. The molecular weight excluding hydrogens is 325 g/mol. The van der Waals surface area contributed by atoms with Gasteiger partial charge in [0.05, 0.1) is 11.3 Å². The average molecular weight is 353 g/mol. The summed E-state index contributed by atoms with van der Waals surface area (Å²) in [4.78, 5) is 17.8. The van der Waals surface area contributed by atoms with Crippen LogP contribution >= 0.6 is 0 Å². The molecule has 1 aliphatic carbocycles. The zero-order valence-corrected chi connectivity index (χ0v) is 15.3. The number of oxime groups is 1. The van der Waals surface area contributed by atoms with Crippen molar-refractivity contribution in [2.45, 2.75) is 59.8 Å². The van der Waals surface area contributed by atoms with Gasteiger partial charge in [-0.3, -0.25) is 4.79 Å². The van der Waals surface area contributed by atoms with E-state index in [-0.39, 0.29) is 47.0 Å². The molecule has 0 radical (unpaired) electrons. The first-order valence-electron chi connectivity index (χ1n) is 8.61. The second kappa shape index (κ2) is 9.56. The van der Waals surface area contributed by atoms with Gasteiger partial charge < -0.3 is 9.94 Å². The molecule has 1 atom stereocenters. The molecule has 1 aliphatic rings. The molecular formula is C20H28NNaO3. The standard InChI is InChI=1S/C20H27NO3.Na.H/c1-6-16(21-24-7-2)20-17(22)10-15(11-18(20)23)19-13(4)8-12(3)9-14(19)5;;/h8-9,15,22H,6-7,10-11H2,1-5H3;;/b21-16+;;. The van der Waals surface area contributed by atoms with Crippen LogP contribution in [-0.2, 0) is 9.63 Å². The quantitative estimate of drug-likeness (QED) is 0.494. The SMILES string of the molecule is CCO/N=C(\CC)C1=C(O)CC(c2c(C)cc(C)cc2C)CC1=O.[NaH]. The van der Waals surface area contributed by atoms with Crippen LogP contribution in [0.15, 0.2) is 28.6 Å². The van der Waals surface area contributed by atoms with Crippen LogP contribution in [0.25, 0.3) is 0 Å². The molecule has 0 saturated heterocycles. The number of hydrogen-bond acceptors (Lipinski definition) is 4. The summed E-state index contributed by atoms with van der Waals surface area (Å²) in [6, 6.07) is 4.27. The van der Waals surface area contributed by atoms with Crippen molar-refractivity contribution in [3.8, 4) is 0 Å². The third-order valence-electron chi connectivity index (χ3n) is 4.51. The zero-order chi connectivity index (χ0) is 17.9. The summed E-state index contributed by atoms with van der Waals surface area (Å²) >= 11 is 0. The zero-order valence-electron chi connectivity index (χ0n) is 15.3. The van der Waals surface area contributed by atoms with Gasteiger partial charge in [0.1, 0.15) is 12.4 Å². The van der Waals surface area contributed by atoms with E-state index in [1.54, 1.807) is 0 Å². The number of nitrogens with zero attached hydrogens (tertiary/aromatic N) is 1. The Balaban J connectivity index is 0.00000312. The third kappa shape index (κ3) is 4.96. The van der Waals surface area contributed by atoms with Gasteiger partial charge in [0, 0.05) is 12.8 Å². The van der Waals surface area contributed by atoms with Crippen molar-refractivity contribution >= 4 is 41.1 Å². The molecule has 132 valence electrons. The van der Waals surface area contributed by atoms with Gasteiger partial charge in [0.2, 0.25) is 0 Å². The van der Waals surface area contributed by atoms with Crippen LogP contribution in [0.2, 0.25) is 0 Å². The van der Waals surface area contributed by atoms with Crippen LogP contribution in [0.1, 0.15) is 61.3 Å². The number of hydrogen-bond donors (Lipinski definition) is 1. The summed E-state index contributed by atoms with van der Waals surface area (Å²) in [7, 11) is 0. The van der Waals surface area contributed by atoms with Gasteiger partial charge in [0.25, 0.3) is 0 Å². The fourth-order valence-electron chi connectivity index (χ4n) is 3.69. The van der Waals surface area contributed by atoms with Crippen LogP contribution in [0.4, 0.5) is 0 Å². The Morgan fingerprint density at radius 2 is 1.80 bits per heavy atom. The molecule has 0 aliphatic heterocycles. The minimum absolute atomic E-state index is 0. The van der Waals surface area contributed by atoms with Gasteiger partial charge in [-0.05, 0) is 56.7 Å². The van der Waals surface area contributed by atoms with Crippen molar-refractivity contribution in [3.05, 3.63) is 45.7 Å². The van der Waals surface area contributed by atoms with Crippen LogP contribution in [0.5, 0.6) is 0 Å². The van der Waals surface area contributed by atoms with Crippen molar-refractivity contribution < 1.29 is 14.7 Å². The van der Waals surface area contributed by atoms with E-state index in [1.807, 2.05) is 13.8 Å². The van der Waals surface area contributed by atoms with Gasteiger partial charge in [-0.2, -0.15) is 0 Å². The number of allylic oxidation sites excluding steroid dienone is 2. The Bertz CT molecular complexity index is 684. The van der Waals surface area contributed by atoms with Crippen LogP contribution in [-0.4, -0.2) is 52.8 Å². The fraction of sp³-hybridized carbons (Fsp3) is 0.500. The Labute approximate surface area is 172 Å². The number of Topliss-reactive ketones (excluding diaryl/α,β-unsaturated/α-hetero) is 1. The van der Waals surface area contributed by atoms with Gasteiger partial charge in [-0.25, -0.2) is 0 Å². The van der Waals surface area contributed by atoms with E-state index in [0.717, 1.165) is 0 Å². The molecule has 1 aromatic rings. The predicted octanol–water partition coefficient (Wildman–Crippen LogP) is 4.02. The first kappa shape index (κ1) is 21.9. The third-order valence-corrected chi connectivity index (χ3v) is 4.51. The van der Waals surface area contributed by atoms with Crippen molar-refractivity contribution in [3.63, 3.8) is 0 Å². The molecule has 4 nitrogen and oxygen atoms in total. The molecule has 0 aromatic heterocycles. The molecule has 0 saturated carbocycles. The number of aliphatic hydroxyl groups excluding tert-OH is 1. The molecule has 25 heavy (non-hydrogen) atoms. The topological polar surface area (TPSA) is 58.9 Å². The second-order valence-electron chi connectivity index (χ2n) is 6.47. The number of aliphatic hydroxyl groups is 1. The molecule has 1 aromatic carbocycles. The second-order valence-corrected chi connectivity index (χ2v) is 6.47. The Morgan fingerprint density at radius 1 is 1.20 bits per heavy atom. The number of aryl methyl sites for hydroxylation is 3. The number of carbonyl (C=O) groups excluding carboxylic acids is 1. The number of ketones is 1. The molecule has 2 rings (SSSR count). The normalized spacial score (nSPS) is 18.2. The summed E-state index contributed by atoms with van der Waals surface area (Å²) in [5.41, 5.74) is 5.65. The van der Waals surface area contributed by atoms with E-state index < -0.39 is 0 Å². The van der Waals surface area contributed by atoms with Crippen LogP contribution in [0.3, 0.4) is 0 Å². The monoisotopic (exact) mass is 353 g/mol. The first-order valence-corrected chi connectivity index (χ1v) is 8.61. The van der Waals surface area contributed by atoms with Gasteiger partial charge in [-0.15, -0.1) is 0 Å². The maximum absolute atomic E-state index is 12.7. The molecule has 0 fully saturated rings. The maximum atomic E-state index is 12.7. The Morgan fingerprint density at radius 3 is 2.28 bits per heavy atom. The number of rotatable bonds is 5. The molecule has 1 unspecified atom stereocenters. The van der Waals surface area contributed by atoms with Crippen molar-refractivity contribution in [2.75, 3.05) is 6.61 Å². The average Bonchev–Trinajstić information content (AvgIpc) is 2.48. The predicted molar refractivity (Wildman–Crippen MR) is 104 cm³/mol. The van der Waals surface area contributed by atoms with Crippen molar-refractivity contribution in [1.29, 1.82) is 0 Å².